The largest absolute Gasteiger partial charge is 0.463 e. The third kappa shape index (κ3) is 8.96. The van der Waals surface area contributed by atoms with Crippen LogP contribution in [-0.4, -0.2) is 36.9 Å². The zero-order chi connectivity index (χ0) is 11.5. The minimum atomic E-state index is -0.670. The van der Waals surface area contributed by atoms with Crippen molar-refractivity contribution in [1.82, 2.24) is 0 Å². The summed E-state index contributed by atoms with van der Waals surface area (Å²) in [5.41, 5.74) is 0. The highest BCUT2D eigenvalue weighted by Gasteiger charge is 1.99. The monoisotopic (exact) mass is 216 g/mol. The number of esters is 2. The molecule has 0 aromatic heterocycles. The normalized spacial score (nSPS) is 10.3. The van der Waals surface area contributed by atoms with Gasteiger partial charge >= 0.3 is 11.9 Å². The molecule has 0 aliphatic carbocycles. The van der Waals surface area contributed by atoms with Gasteiger partial charge in [-0.2, -0.15) is 0 Å². The van der Waals surface area contributed by atoms with E-state index in [0.29, 0.717) is 6.61 Å². The Morgan fingerprint density at radius 3 is 2.13 bits per heavy atom. The molecule has 0 aliphatic heterocycles. The van der Waals surface area contributed by atoms with Crippen molar-refractivity contribution in [1.29, 1.82) is 0 Å². The zero-order valence-corrected chi connectivity index (χ0v) is 8.77. The molecular weight excluding hydrogens is 200 g/mol. The van der Waals surface area contributed by atoms with Gasteiger partial charge in [-0.05, 0) is 6.42 Å². The van der Waals surface area contributed by atoms with Gasteiger partial charge < -0.3 is 14.6 Å². The number of aliphatic hydroxyl groups excluding tert-OH is 1. The third-order valence-corrected chi connectivity index (χ3v) is 1.43. The first-order chi connectivity index (χ1) is 7.20. The first kappa shape index (κ1) is 13.6. The molecule has 0 amide bonds. The highest BCUT2D eigenvalue weighted by Crippen LogP contribution is 1.90. The van der Waals surface area contributed by atoms with E-state index in [-0.39, 0.29) is 13.2 Å². The van der Waals surface area contributed by atoms with Crippen LogP contribution in [0.2, 0.25) is 0 Å². The summed E-state index contributed by atoms with van der Waals surface area (Å²) in [5.74, 6) is -1.24. The average Bonchev–Trinajstić information content (AvgIpc) is 2.24. The van der Waals surface area contributed by atoms with Crippen molar-refractivity contribution < 1.29 is 24.2 Å². The Bertz CT molecular complexity index is 222. The van der Waals surface area contributed by atoms with Crippen LogP contribution in [0.15, 0.2) is 12.2 Å². The Kier molecular flexibility index (Phi) is 8.37. The smallest absolute Gasteiger partial charge is 0.331 e. The molecule has 5 heteroatoms. The van der Waals surface area contributed by atoms with Crippen LogP contribution in [0.3, 0.4) is 0 Å². The van der Waals surface area contributed by atoms with E-state index >= 15 is 0 Å². The van der Waals surface area contributed by atoms with Crippen LogP contribution in [0.5, 0.6) is 0 Å². The Balaban J connectivity index is 3.65. The minimum Gasteiger partial charge on any atom is -0.463 e. The number of carbonyl (C=O) groups excluding carboxylic acids is 2. The summed E-state index contributed by atoms with van der Waals surface area (Å²) in [7, 11) is 0. The highest BCUT2D eigenvalue weighted by atomic mass is 16.5. The molecule has 1 N–H and O–H groups in total. The number of rotatable bonds is 7. The second-order valence-corrected chi connectivity index (χ2v) is 2.75. The summed E-state index contributed by atoms with van der Waals surface area (Å²) >= 11 is 0. The van der Waals surface area contributed by atoms with Gasteiger partial charge in [-0.3, -0.25) is 0 Å². The number of hydrogen-bond acceptors (Lipinski definition) is 5. The predicted molar refractivity (Wildman–Crippen MR) is 53.1 cm³/mol. The molecule has 0 saturated heterocycles. The quantitative estimate of drug-likeness (QED) is 0.379. The van der Waals surface area contributed by atoms with E-state index in [1.807, 2.05) is 6.92 Å². The number of unbranched alkanes of at least 4 members (excludes halogenated alkanes) is 1. The van der Waals surface area contributed by atoms with Gasteiger partial charge in [-0.25, -0.2) is 9.59 Å². The summed E-state index contributed by atoms with van der Waals surface area (Å²) in [6.07, 6.45) is 3.73. The summed E-state index contributed by atoms with van der Waals surface area (Å²) in [5, 5.41) is 8.34. The molecule has 0 atom stereocenters. The molecule has 0 aromatic carbocycles. The molecule has 0 aliphatic rings. The number of hydrogen-bond donors (Lipinski definition) is 1. The molecule has 0 radical (unpaired) electrons. The Labute approximate surface area is 88.7 Å². The van der Waals surface area contributed by atoms with E-state index in [2.05, 4.69) is 4.74 Å². The van der Waals surface area contributed by atoms with Gasteiger partial charge in [0.2, 0.25) is 0 Å². The van der Waals surface area contributed by atoms with Gasteiger partial charge in [0, 0.05) is 12.2 Å². The average molecular weight is 216 g/mol. The van der Waals surface area contributed by atoms with Gasteiger partial charge in [0.25, 0.3) is 0 Å². The van der Waals surface area contributed by atoms with Gasteiger partial charge in [-0.15, -0.1) is 0 Å². The van der Waals surface area contributed by atoms with Crippen LogP contribution < -0.4 is 0 Å². The Morgan fingerprint density at radius 1 is 1.13 bits per heavy atom. The molecule has 0 aromatic rings. The third-order valence-electron chi connectivity index (χ3n) is 1.43. The number of ether oxygens (including phenoxy) is 2. The van der Waals surface area contributed by atoms with Gasteiger partial charge in [0.15, 0.2) is 0 Å². The van der Waals surface area contributed by atoms with Crippen molar-refractivity contribution in [3.63, 3.8) is 0 Å². The maximum absolute atomic E-state index is 10.9. The van der Waals surface area contributed by atoms with Crippen LogP contribution in [-0.2, 0) is 19.1 Å². The zero-order valence-electron chi connectivity index (χ0n) is 8.77. The predicted octanol–water partition coefficient (Wildman–Crippen LogP) is 0.421. The maximum atomic E-state index is 10.9. The molecule has 0 spiro atoms. The molecule has 15 heavy (non-hydrogen) atoms. The lowest BCUT2D eigenvalue weighted by Crippen LogP contribution is -2.07. The van der Waals surface area contributed by atoms with Gasteiger partial charge in [0.05, 0.1) is 13.2 Å². The van der Waals surface area contributed by atoms with E-state index in [0.717, 1.165) is 25.0 Å². The van der Waals surface area contributed by atoms with Crippen LogP contribution in [0.25, 0.3) is 0 Å². The van der Waals surface area contributed by atoms with Crippen LogP contribution in [0, 0.1) is 0 Å². The fraction of sp³-hybridized carbons (Fsp3) is 0.600. The van der Waals surface area contributed by atoms with E-state index < -0.39 is 11.9 Å². The maximum Gasteiger partial charge on any atom is 0.331 e. The van der Waals surface area contributed by atoms with Crippen molar-refractivity contribution in [3.05, 3.63) is 12.2 Å². The fourth-order valence-corrected chi connectivity index (χ4v) is 0.696. The van der Waals surface area contributed by atoms with E-state index in [4.69, 9.17) is 9.84 Å². The minimum absolute atomic E-state index is 0.0753. The summed E-state index contributed by atoms with van der Waals surface area (Å²) in [4.78, 5) is 21.7. The van der Waals surface area contributed by atoms with E-state index in [1.54, 1.807) is 0 Å². The van der Waals surface area contributed by atoms with E-state index in [1.165, 1.54) is 0 Å². The molecule has 5 nitrogen and oxygen atoms in total. The highest BCUT2D eigenvalue weighted by molar-refractivity contribution is 5.91. The molecule has 0 rings (SSSR count). The molecule has 0 unspecified atom stereocenters. The molecule has 0 saturated carbocycles. The lowest BCUT2D eigenvalue weighted by Gasteiger charge is -1.99. The van der Waals surface area contributed by atoms with Crippen molar-refractivity contribution in [2.75, 3.05) is 19.8 Å². The number of carbonyl (C=O) groups is 2. The number of aliphatic hydroxyl groups is 1. The molecule has 86 valence electrons. The van der Waals surface area contributed by atoms with Crippen molar-refractivity contribution in [3.8, 4) is 0 Å². The van der Waals surface area contributed by atoms with Crippen LogP contribution in [0.1, 0.15) is 19.8 Å². The van der Waals surface area contributed by atoms with Crippen molar-refractivity contribution in [2.45, 2.75) is 19.8 Å². The van der Waals surface area contributed by atoms with Crippen LogP contribution >= 0.6 is 0 Å². The first-order valence-corrected chi connectivity index (χ1v) is 4.83. The summed E-state index contributed by atoms with van der Waals surface area (Å²) < 4.78 is 9.24. The second-order valence-electron chi connectivity index (χ2n) is 2.75. The topological polar surface area (TPSA) is 72.8 Å². The van der Waals surface area contributed by atoms with Crippen LogP contribution in [0.4, 0.5) is 0 Å². The molecule has 0 heterocycles. The first-order valence-electron chi connectivity index (χ1n) is 4.83. The summed E-state index contributed by atoms with van der Waals surface area (Å²) in [6, 6.07) is 0. The lowest BCUT2D eigenvalue weighted by atomic mass is 10.4. The summed E-state index contributed by atoms with van der Waals surface area (Å²) in [6.45, 7) is 2.02. The molecule has 0 fully saturated rings. The molecular formula is C10H16O5. The van der Waals surface area contributed by atoms with Gasteiger partial charge in [-0.1, -0.05) is 13.3 Å². The Morgan fingerprint density at radius 2 is 1.67 bits per heavy atom. The fourth-order valence-electron chi connectivity index (χ4n) is 0.696. The Hall–Kier alpha value is -1.36. The standard InChI is InChI=1S/C10H16O5/c1-2-3-7-14-9(12)4-5-10(13)15-8-6-11/h4-5,11H,2-3,6-8H2,1H3/b5-4+. The van der Waals surface area contributed by atoms with Crippen molar-refractivity contribution >= 4 is 11.9 Å². The van der Waals surface area contributed by atoms with Gasteiger partial charge in [0.1, 0.15) is 6.61 Å². The molecule has 0 bridgehead atoms. The van der Waals surface area contributed by atoms with E-state index in [9.17, 15) is 9.59 Å². The SMILES string of the molecule is CCCCOC(=O)/C=C/C(=O)OCCO. The lowest BCUT2D eigenvalue weighted by molar-refractivity contribution is -0.141. The van der Waals surface area contributed by atoms with Crippen molar-refractivity contribution in [2.24, 2.45) is 0 Å². The second kappa shape index (κ2) is 9.21.